The van der Waals surface area contributed by atoms with Crippen molar-refractivity contribution in [2.75, 3.05) is 48.0 Å². The number of fused-ring (bicyclic) bond motifs is 1. The largest absolute Gasteiger partial charge is 0.359 e. The molecule has 1 aliphatic heterocycles. The summed E-state index contributed by atoms with van der Waals surface area (Å²) in [6.07, 6.45) is 12.3. The molecule has 2 aliphatic rings. The van der Waals surface area contributed by atoms with Crippen molar-refractivity contribution < 1.29 is 4.79 Å². The van der Waals surface area contributed by atoms with Gasteiger partial charge in [0.25, 0.3) is 5.91 Å². The maximum Gasteiger partial charge on any atom is 0.254 e. The van der Waals surface area contributed by atoms with Crippen molar-refractivity contribution in [3.8, 4) is 0 Å². The molecule has 1 aliphatic carbocycles. The Morgan fingerprint density at radius 3 is 2.47 bits per heavy atom. The summed E-state index contributed by atoms with van der Waals surface area (Å²) in [4.78, 5) is 40.5. The molecule has 6 rings (SSSR count). The lowest BCUT2D eigenvalue weighted by Gasteiger charge is -2.34. The Labute approximate surface area is 229 Å². The van der Waals surface area contributed by atoms with E-state index < -0.39 is 0 Å². The second kappa shape index (κ2) is 11.1. The normalized spacial score (nSPS) is 19.6. The van der Waals surface area contributed by atoms with Crippen LogP contribution < -0.4 is 15.5 Å². The number of carbonyl (C=O) groups is 1. The lowest BCUT2D eigenvalue weighted by atomic mass is 10.1. The number of amides is 1. The molecule has 12 heteroatoms. The molecule has 1 saturated carbocycles. The summed E-state index contributed by atoms with van der Waals surface area (Å²) in [6.45, 7) is 2.74. The van der Waals surface area contributed by atoms with Crippen molar-refractivity contribution in [2.45, 2.75) is 36.2 Å². The molecule has 0 spiro atoms. The van der Waals surface area contributed by atoms with Gasteiger partial charge in [-0.2, -0.15) is 0 Å². The average molecular weight is 548 g/mol. The molecular formula is C26H29N9OS2. The Morgan fingerprint density at radius 1 is 1.00 bits per heavy atom. The first-order valence-electron chi connectivity index (χ1n) is 12.8. The van der Waals surface area contributed by atoms with Gasteiger partial charge in [0.1, 0.15) is 0 Å². The van der Waals surface area contributed by atoms with Gasteiger partial charge in [-0.3, -0.25) is 4.79 Å². The Bertz CT molecular complexity index is 1390. The third-order valence-corrected chi connectivity index (χ3v) is 8.63. The SMILES string of the molecule is CSc1cnc(N[C@H]2CC[C@H](Nc3nc4ccc(C(=O)N5CCN(c6ncccn6)CC5)cc4s3)C2)nc1. The summed E-state index contributed by atoms with van der Waals surface area (Å²) in [7, 11) is 0. The molecule has 38 heavy (non-hydrogen) atoms. The zero-order valence-electron chi connectivity index (χ0n) is 21.1. The minimum absolute atomic E-state index is 0.0564. The lowest BCUT2D eigenvalue weighted by molar-refractivity contribution is 0.0746. The number of anilines is 3. The van der Waals surface area contributed by atoms with Gasteiger partial charge in [-0.1, -0.05) is 11.3 Å². The Hall–Kier alpha value is -3.51. The van der Waals surface area contributed by atoms with Gasteiger partial charge in [0.05, 0.1) is 10.2 Å². The number of nitrogens with zero attached hydrogens (tertiary/aromatic N) is 7. The average Bonchev–Trinajstić information content (AvgIpc) is 3.59. The first kappa shape index (κ1) is 24.8. The lowest BCUT2D eigenvalue weighted by Crippen LogP contribution is -2.49. The second-order valence-electron chi connectivity index (χ2n) is 9.47. The van der Waals surface area contributed by atoms with Crippen molar-refractivity contribution in [2.24, 2.45) is 0 Å². The van der Waals surface area contributed by atoms with Crippen molar-refractivity contribution >= 4 is 56.3 Å². The summed E-state index contributed by atoms with van der Waals surface area (Å²) in [5, 5.41) is 7.96. The number of hydrogen-bond acceptors (Lipinski definition) is 11. The molecule has 1 amide bonds. The summed E-state index contributed by atoms with van der Waals surface area (Å²) in [5.41, 5.74) is 1.62. The monoisotopic (exact) mass is 547 g/mol. The third-order valence-electron chi connectivity index (χ3n) is 6.99. The molecular weight excluding hydrogens is 518 g/mol. The van der Waals surface area contributed by atoms with E-state index in [0.717, 1.165) is 52.6 Å². The topological polar surface area (TPSA) is 112 Å². The quantitative estimate of drug-likeness (QED) is 0.329. The smallest absolute Gasteiger partial charge is 0.254 e. The molecule has 3 aromatic heterocycles. The first-order chi connectivity index (χ1) is 18.6. The highest BCUT2D eigenvalue weighted by atomic mass is 32.2. The van der Waals surface area contributed by atoms with Crippen LogP contribution in [0.1, 0.15) is 29.6 Å². The van der Waals surface area contributed by atoms with E-state index in [2.05, 4.69) is 35.5 Å². The predicted octanol–water partition coefficient (Wildman–Crippen LogP) is 4.01. The molecule has 196 valence electrons. The number of carbonyl (C=O) groups excluding carboxylic acids is 1. The Balaban J connectivity index is 1.04. The van der Waals surface area contributed by atoms with Gasteiger partial charge in [-0.05, 0) is 49.8 Å². The minimum atomic E-state index is 0.0564. The maximum atomic E-state index is 13.2. The van der Waals surface area contributed by atoms with E-state index in [4.69, 9.17) is 4.98 Å². The van der Waals surface area contributed by atoms with E-state index in [0.29, 0.717) is 42.6 Å². The fourth-order valence-electron chi connectivity index (χ4n) is 4.96. The number of aromatic nitrogens is 5. The van der Waals surface area contributed by atoms with E-state index in [1.54, 1.807) is 35.5 Å². The second-order valence-corrected chi connectivity index (χ2v) is 11.4. The van der Waals surface area contributed by atoms with Crippen molar-refractivity contribution in [1.29, 1.82) is 0 Å². The van der Waals surface area contributed by atoms with Gasteiger partial charge in [0.2, 0.25) is 11.9 Å². The number of thiazole rings is 1. The highest BCUT2D eigenvalue weighted by molar-refractivity contribution is 7.98. The van der Waals surface area contributed by atoms with E-state index in [-0.39, 0.29) is 5.91 Å². The predicted molar refractivity (Wildman–Crippen MR) is 152 cm³/mol. The standard InChI is InChI=1S/C26H29N9OS2/c1-37-20-15-29-24(30-16-20)31-18-4-5-19(14-18)32-26-33-21-6-3-17(13-22(21)38-26)23(36)34-9-11-35(12-10-34)25-27-7-2-8-28-25/h2-3,6-8,13,15-16,18-19H,4-5,9-12,14H2,1H3,(H,32,33)(H,29,30,31)/t18-,19-/m0/s1. The molecule has 2 N–H and O–H groups in total. The summed E-state index contributed by atoms with van der Waals surface area (Å²) < 4.78 is 1.02. The number of piperazine rings is 1. The van der Waals surface area contributed by atoms with Gasteiger partial charge >= 0.3 is 0 Å². The number of hydrogen-bond donors (Lipinski definition) is 2. The van der Waals surface area contributed by atoms with Crippen LogP contribution in [0.3, 0.4) is 0 Å². The van der Waals surface area contributed by atoms with E-state index in [9.17, 15) is 4.79 Å². The number of benzene rings is 1. The van der Waals surface area contributed by atoms with Gasteiger partial charge in [-0.15, -0.1) is 11.8 Å². The minimum Gasteiger partial charge on any atom is -0.359 e. The number of rotatable bonds is 7. The van der Waals surface area contributed by atoms with Crippen LogP contribution >= 0.6 is 23.1 Å². The molecule has 10 nitrogen and oxygen atoms in total. The van der Waals surface area contributed by atoms with Gasteiger partial charge in [0.15, 0.2) is 5.13 Å². The van der Waals surface area contributed by atoms with Gasteiger partial charge in [-0.25, -0.2) is 24.9 Å². The van der Waals surface area contributed by atoms with E-state index in [1.807, 2.05) is 47.8 Å². The zero-order chi connectivity index (χ0) is 25.9. The van der Waals surface area contributed by atoms with Crippen molar-refractivity contribution in [1.82, 2.24) is 29.8 Å². The molecule has 0 radical (unpaired) electrons. The zero-order valence-corrected chi connectivity index (χ0v) is 22.7. The van der Waals surface area contributed by atoms with Crippen molar-refractivity contribution in [3.05, 3.63) is 54.6 Å². The fourth-order valence-corrected chi connectivity index (χ4v) is 6.26. The molecule has 0 bridgehead atoms. The molecule has 2 atom stereocenters. The Kier molecular flexibility index (Phi) is 7.23. The number of thioether (sulfide) groups is 1. The first-order valence-corrected chi connectivity index (χ1v) is 14.8. The fraction of sp³-hybridized carbons (Fsp3) is 0.385. The van der Waals surface area contributed by atoms with Crippen LogP contribution in [0.15, 0.2) is 53.9 Å². The maximum absolute atomic E-state index is 13.2. The van der Waals surface area contributed by atoms with Gasteiger partial charge in [0, 0.05) is 73.5 Å². The summed E-state index contributed by atoms with van der Waals surface area (Å²) >= 11 is 3.24. The van der Waals surface area contributed by atoms with Crippen LogP contribution in [0.5, 0.6) is 0 Å². The summed E-state index contributed by atoms with van der Waals surface area (Å²) in [6, 6.07) is 8.29. The van der Waals surface area contributed by atoms with E-state index in [1.165, 1.54) is 0 Å². The van der Waals surface area contributed by atoms with Crippen LogP contribution in [0, 0.1) is 0 Å². The van der Waals surface area contributed by atoms with Crippen LogP contribution in [-0.4, -0.2) is 80.2 Å². The molecule has 1 saturated heterocycles. The highest BCUT2D eigenvalue weighted by Gasteiger charge is 2.27. The highest BCUT2D eigenvalue weighted by Crippen LogP contribution is 2.31. The van der Waals surface area contributed by atoms with Crippen LogP contribution in [0.2, 0.25) is 0 Å². The summed E-state index contributed by atoms with van der Waals surface area (Å²) in [5.74, 6) is 1.45. The molecule has 2 fully saturated rings. The molecule has 1 aromatic carbocycles. The van der Waals surface area contributed by atoms with Crippen LogP contribution in [0.4, 0.5) is 17.0 Å². The third kappa shape index (κ3) is 5.51. The molecule has 4 aromatic rings. The van der Waals surface area contributed by atoms with Gasteiger partial charge < -0.3 is 20.4 Å². The number of nitrogens with one attached hydrogen (secondary N) is 2. The molecule has 0 unspecified atom stereocenters. The molecule has 4 heterocycles. The Morgan fingerprint density at radius 2 is 1.74 bits per heavy atom. The van der Waals surface area contributed by atoms with E-state index >= 15 is 0 Å². The van der Waals surface area contributed by atoms with Crippen LogP contribution in [0.25, 0.3) is 10.2 Å². The van der Waals surface area contributed by atoms with Crippen LogP contribution in [-0.2, 0) is 0 Å². The van der Waals surface area contributed by atoms with Crippen molar-refractivity contribution in [3.63, 3.8) is 0 Å².